The highest BCUT2D eigenvalue weighted by Gasteiger charge is 2.53. The third kappa shape index (κ3) is 5.43. The maximum absolute atomic E-state index is 12.0. The summed E-state index contributed by atoms with van der Waals surface area (Å²) in [6.07, 6.45) is 7.81. The molecule has 1 spiro atoms. The van der Waals surface area contributed by atoms with Crippen LogP contribution in [0, 0.1) is 0 Å². The van der Waals surface area contributed by atoms with Crippen LogP contribution >= 0.6 is 0 Å². The quantitative estimate of drug-likeness (QED) is 0.550. The molecule has 1 aromatic rings. The molecule has 10 heteroatoms. The van der Waals surface area contributed by atoms with Crippen LogP contribution in [0.2, 0.25) is 0 Å². The molecule has 3 fully saturated rings. The van der Waals surface area contributed by atoms with Gasteiger partial charge in [-0.1, -0.05) is 0 Å². The second kappa shape index (κ2) is 10.1. The summed E-state index contributed by atoms with van der Waals surface area (Å²) in [7, 11) is 1.49. The van der Waals surface area contributed by atoms with E-state index in [0.717, 1.165) is 38.3 Å². The van der Waals surface area contributed by atoms with E-state index < -0.39 is 17.2 Å². The molecule has 10 nitrogen and oxygen atoms in total. The summed E-state index contributed by atoms with van der Waals surface area (Å²) in [5.41, 5.74) is -1.30. The van der Waals surface area contributed by atoms with Crippen LogP contribution in [0.4, 0.5) is 0 Å². The Balaban J connectivity index is 0.000000858. The smallest absolute Gasteiger partial charge is 0.290 e. The largest absolute Gasteiger partial charge is 0.483 e. The monoisotopic (exact) mass is 438 g/mol. The van der Waals surface area contributed by atoms with Gasteiger partial charge in [-0.2, -0.15) is 0 Å². The lowest BCUT2D eigenvalue weighted by atomic mass is 9.73. The van der Waals surface area contributed by atoms with Gasteiger partial charge in [0.2, 0.25) is 5.91 Å². The molecule has 3 aliphatic rings. The molecule has 0 unspecified atom stereocenters. The zero-order valence-electron chi connectivity index (χ0n) is 18.3. The van der Waals surface area contributed by atoms with Crippen LogP contribution in [0.15, 0.2) is 12.4 Å². The lowest BCUT2D eigenvalue weighted by molar-refractivity contribution is -0.208. The number of carbonyl (C=O) groups excluding carboxylic acids is 1. The predicted octanol–water partition coefficient (Wildman–Crippen LogP) is 0.556. The van der Waals surface area contributed by atoms with Crippen molar-refractivity contribution in [3.63, 3.8) is 0 Å². The summed E-state index contributed by atoms with van der Waals surface area (Å²) in [6, 6.07) is 0.633. The minimum absolute atomic E-state index is 0.00239. The summed E-state index contributed by atoms with van der Waals surface area (Å²) < 4.78 is 13.4. The van der Waals surface area contributed by atoms with Gasteiger partial charge in [0.15, 0.2) is 0 Å². The van der Waals surface area contributed by atoms with E-state index in [-0.39, 0.29) is 19.0 Å². The fourth-order valence-electron chi connectivity index (χ4n) is 4.74. The van der Waals surface area contributed by atoms with Gasteiger partial charge in [-0.3, -0.25) is 14.5 Å². The van der Waals surface area contributed by atoms with Gasteiger partial charge >= 0.3 is 0 Å². The lowest BCUT2D eigenvalue weighted by Gasteiger charge is -2.53. The minimum Gasteiger partial charge on any atom is -0.483 e. The van der Waals surface area contributed by atoms with Crippen LogP contribution in [0.5, 0.6) is 0 Å². The number of aliphatic hydroxyl groups is 1. The number of carboxylic acid groups (broad SMARTS) is 1. The van der Waals surface area contributed by atoms with E-state index in [1.165, 1.54) is 20.0 Å². The third-order valence-corrected chi connectivity index (χ3v) is 6.57. The second-order valence-electron chi connectivity index (χ2n) is 8.83. The number of aliphatic hydroxyl groups excluding tert-OH is 1. The highest BCUT2D eigenvalue weighted by Crippen LogP contribution is 2.40. The van der Waals surface area contributed by atoms with Crippen molar-refractivity contribution in [3.05, 3.63) is 18.2 Å². The number of piperidine rings is 1. The molecule has 1 amide bonds. The third-order valence-electron chi connectivity index (χ3n) is 6.57. The number of aromatic nitrogens is 2. The SMILES string of the molecule is COCC(=O)N[C@]1(C)CCOC2(CCN(Cc3nccn3C3CC3)CC2)[C@H]1O.O=CO. The number of nitrogens with one attached hydrogen (secondary N) is 1. The van der Waals surface area contributed by atoms with Gasteiger partial charge in [-0.25, -0.2) is 4.98 Å². The Morgan fingerprint density at radius 3 is 2.68 bits per heavy atom. The number of rotatable bonds is 6. The molecule has 0 aromatic carbocycles. The van der Waals surface area contributed by atoms with Crippen LogP contribution < -0.4 is 5.32 Å². The molecule has 0 bridgehead atoms. The first-order valence-electron chi connectivity index (χ1n) is 10.8. The first-order chi connectivity index (χ1) is 14.9. The molecule has 3 heterocycles. The number of carbonyl (C=O) groups is 2. The van der Waals surface area contributed by atoms with Gasteiger partial charge in [0, 0.05) is 45.2 Å². The molecule has 0 radical (unpaired) electrons. The highest BCUT2D eigenvalue weighted by molar-refractivity contribution is 5.78. The first kappa shape index (κ1) is 23.6. The van der Waals surface area contributed by atoms with E-state index >= 15 is 0 Å². The summed E-state index contributed by atoms with van der Waals surface area (Å²) in [6.45, 7) is 4.71. The molecule has 1 aromatic heterocycles. The number of amides is 1. The van der Waals surface area contributed by atoms with Crippen molar-refractivity contribution in [1.29, 1.82) is 0 Å². The molecule has 2 atom stereocenters. The maximum Gasteiger partial charge on any atom is 0.290 e. The van der Waals surface area contributed by atoms with Gasteiger partial charge in [-0.15, -0.1) is 0 Å². The van der Waals surface area contributed by atoms with Gasteiger partial charge < -0.3 is 29.6 Å². The van der Waals surface area contributed by atoms with E-state index in [2.05, 4.69) is 26.0 Å². The van der Waals surface area contributed by atoms with E-state index in [1.807, 2.05) is 13.1 Å². The number of likely N-dealkylation sites (tertiary alicyclic amines) is 1. The highest BCUT2D eigenvalue weighted by atomic mass is 16.5. The van der Waals surface area contributed by atoms with Crippen molar-refractivity contribution in [3.8, 4) is 0 Å². The minimum atomic E-state index is -0.745. The second-order valence-corrected chi connectivity index (χ2v) is 8.83. The summed E-state index contributed by atoms with van der Waals surface area (Å²) in [5.74, 6) is 0.922. The Kier molecular flexibility index (Phi) is 7.68. The number of methoxy groups -OCH3 is 1. The molecule has 1 saturated carbocycles. The predicted molar refractivity (Wildman–Crippen MR) is 111 cm³/mol. The Hall–Kier alpha value is -2.01. The van der Waals surface area contributed by atoms with Crippen molar-refractivity contribution in [2.45, 2.75) is 68.9 Å². The zero-order chi connectivity index (χ0) is 22.5. The van der Waals surface area contributed by atoms with Crippen LogP contribution in [0.1, 0.15) is 50.9 Å². The average molecular weight is 439 g/mol. The number of imidazole rings is 1. The maximum atomic E-state index is 12.0. The molecular formula is C21H34N4O6. The molecular weight excluding hydrogens is 404 g/mol. The van der Waals surface area contributed by atoms with Crippen LogP contribution in [-0.2, 0) is 25.6 Å². The van der Waals surface area contributed by atoms with Crippen molar-refractivity contribution in [1.82, 2.24) is 19.8 Å². The summed E-state index contributed by atoms with van der Waals surface area (Å²) in [5, 5.41) is 21.0. The van der Waals surface area contributed by atoms with Crippen LogP contribution in [0.3, 0.4) is 0 Å². The Bertz CT molecular complexity index is 744. The molecule has 174 valence electrons. The Labute approximate surface area is 182 Å². The molecule has 2 saturated heterocycles. The summed E-state index contributed by atoms with van der Waals surface area (Å²) >= 11 is 0. The number of nitrogens with zero attached hydrogens (tertiary/aromatic N) is 3. The number of hydrogen-bond donors (Lipinski definition) is 3. The van der Waals surface area contributed by atoms with Gasteiger partial charge in [0.1, 0.15) is 18.5 Å². The average Bonchev–Trinajstić information content (AvgIpc) is 3.47. The normalized spacial score (nSPS) is 27.9. The Morgan fingerprint density at radius 1 is 1.39 bits per heavy atom. The number of hydrogen-bond acceptors (Lipinski definition) is 7. The van der Waals surface area contributed by atoms with Crippen molar-refractivity contribution in [2.24, 2.45) is 0 Å². The van der Waals surface area contributed by atoms with Crippen LogP contribution in [0.25, 0.3) is 0 Å². The molecule has 31 heavy (non-hydrogen) atoms. The fourth-order valence-corrected chi connectivity index (χ4v) is 4.74. The van der Waals surface area contributed by atoms with Crippen molar-refractivity contribution < 1.29 is 29.3 Å². The Morgan fingerprint density at radius 2 is 2.06 bits per heavy atom. The van der Waals surface area contributed by atoms with Gasteiger partial charge in [0.25, 0.3) is 6.47 Å². The first-order valence-corrected chi connectivity index (χ1v) is 10.8. The van der Waals surface area contributed by atoms with E-state index in [4.69, 9.17) is 19.4 Å². The lowest BCUT2D eigenvalue weighted by Crippen LogP contribution is -2.69. The summed E-state index contributed by atoms with van der Waals surface area (Å²) in [4.78, 5) is 27.3. The zero-order valence-corrected chi connectivity index (χ0v) is 18.3. The van der Waals surface area contributed by atoms with E-state index in [0.29, 0.717) is 19.1 Å². The molecule has 3 N–H and O–H groups in total. The van der Waals surface area contributed by atoms with Crippen LogP contribution in [-0.4, -0.2) is 87.7 Å². The molecule has 4 rings (SSSR count). The fraction of sp³-hybridized carbons (Fsp3) is 0.762. The molecule has 2 aliphatic heterocycles. The van der Waals surface area contributed by atoms with Crippen molar-refractivity contribution >= 4 is 12.4 Å². The van der Waals surface area contributed by atoms with Gasteiger partial charge in [0.05, 0.1) is 17.7 Å². The standard InChI is InChI=1S/C20H32N4O4.CH2O2/c1-19(22-17(25)14-27-2)7-12-28-20(18(19)26)5-9-23(10-6-20)13-16-21-8-11-24(16)15-3-4-15;2-1-3/h8,11,15,18,26H,3-7,9-10,12-14H2,1-2H3,(H,22,25);1H,(H,2,3)/t18-,19+;/m0./s1. The van der Waals surface area contributed by atoms with E-state index in [9.17, 15) is 9.90 Å². The molecule has 1 aliphatic carbocycles. The topological polar surface area (TPSA) is 126 Å². The van der Waals surface area contributed by atoms with Crippen molar-refractivity contribution in [2.75, 3.05) is 33.4 Å². The number of ether oxygens (including phenoxy) is 2. The van der Waals surface area contributed by atoms with E-state index in [1.54, 1.807) is 0 Å². The van der Waals surface area contributed by atoms with Gasteiger partial charge in [-0.05, 0) is 39.0 Å².